The Hall–Kier alpha value is -1.09. The second kappa shape index (κ2) is 12.9. The molecular weight excluding hydrogens is 252 g/mol. The van der Waals surface area contributed by atoms with Gasteiger partial charge in [0.2, 0.25) is 0 Å². The molecule has 0 bridgehead atoms. The molecule has 116 valence electrons. The summed E-state index contributed by atoms with van der Waals surface area (Å²) in [5.41, 5.74) is 0. The highest BCUT2D eigenvalue weighted by atomic mass is 16.5. The smallest absolute Gasteiger partial charge is 0.315 e. The summed E-state index contributed by atoms with van der Waals surface area (Å²) < 4.78 is 4.71. The predicted molar refractivity (Wildman–Crippen MR) is 83.5 cm³/mol. The molecule has 0 radical (unpaired) electrons. The number of ether oxygens (including phenoxy) is 1. The van der Waals surface area contributed by atoms with Gasteiger partial charge in [0.05, 0.1) is 13.2 Å². The summed E-state index contributed by atoms with van der Waals surface area (Å²) in [6, 6.07) is 0. The van der Waals surface area contributed by atoms with Crippen LogP contribution in [0.4, 0.5) is 0 Å². The average Bonchev–Trinajstić information content (AvgIpc) is 2.46. The molecule has 0 aromatic heterocycles. The van der Waals surface area contributed by atoms with E-state index in [0.29, 0.717) is 6.42 Å². The third kappa shape index (κ3) is 8.92. The molecule has 0 fully saturated rings. The maximum Gasteiger partial charge on any atom is 0.315 e. The fraction of sp³-hybridized carbons (Fsp3) is 0.706. The van der Waals surface area contributed by atoms with Crippen molar-refractivity contribution < 1.29 is 14.6 Å². The van der Waals surface area contributed by atoms with E-state index in [4.69, 9.17) is 4.74 Å². The first kappa shape index (κ1) is 18.9. The highest BCUT2D eigenvalue weighted by Gasteiger charge is 2.24. The molecule has 0 aliphatic carbocycles. The molecule has 0 rings (SSSR count). The monoisotopic (exact) mass is 282 g/mol. The van der Waals surface area contributed by atoms with Gasteiger partial charge in [0.1, 0.15) is 5.92 Å². The van der Waals surface area contributed by atoms with Crippen molar-refractivity contribution >= 4 is 5.97 Å². The van der Waals surface area contributed by atoms with Crippen molar-refractivity contribution in [2.45, 2.75) is 64.4 Å². The van der Waals surface area contributed by atoms with E-state index in [2.05, 4.69) is 6.58 Å². The molecule has 0 saturated heterocycles. The maximum absolute atomic E-state index is 11.5. The first-order valence-corrected chi connectivity index (χ1v) is 7.67. The summed E-state index contributed by atoms with van der Waals surface area (Å²) in [5.74, 6) is -0.891. The van der Waals surface area contributed by atoms with Crippen molar-refractivity contribution in [3.63, 3.8) is 0 Å². The third-order valence-electron chi connectivity index (χ3n) is 3.45. The van der Waals surface area contributed by atoms with Crippen molar-refractivity contribution in [2.75, 3.05) is 7.11 Å². The number of esters is 1. The van der Waals surface area contributed by atoms with Gasteiger partial charge in [-0.05, 0) is 26.2 Å². The van der Waals surface area contributed by atoms with Crippen LogP contribution in [0.3, 0.4) is 0 Å². The van der Waals surface area contributed by atoms with Crippen LogP contribution in [0, 0.1) is 5.92 Å². The lowest BCUT2D eigenvalue weighted by molar-refractivity contribution is -0.147. The third-order valence-corrected chi connectivity index (χ3v) is 3.45. The minimum atomic E-state index is -0.639. The van der Waals surface area contributed by atoms with Gasteiger partial charge in [-0.15, -0.1) is 6.58 Å². The Balaban J connectivity index is 3.76. The van der Waals surface area contributed by atoms with Crippen molar-refractivity contribution in [2.24, 2.45) is 5.92 Å². The second-order valence-corrected chi connectivity index (χ2v) is 5.13. The van der Waals surface area contributed by atoms with E-state index in [-0.39, 0.29) is 5.97 Å². The maximum atomic E-state index is 11.5. The molecular formula is C17H30O3. The average molecular weight is 282 g/mol. The number of hydrogen-bond acceptors (Lipinski definition) is 3. The molecule has 20 heavy (non-hydrogen) atoms. The zero-order chi connectivity index (χ0) is 15.2. The zero-order valence-electron chi connectivity index (χ0n) is 13.0. The van der Waals surface area contributed by atoms with Crippen LogP contribution in [-0.2, 0) is 9.53 Å². The van der Waals surface area contributed by atoms with Crippen LogP contribution in [0.25, 0.3) is 0 Å². The van der Waals surface area contributed by atoms with Gasteiger partial charge in [-0.2, -0.15) is 0 Å². The summed E-state index contributed by atoms with van der Waals surface area (Å²) in [6.45, 7) is 5.55. The minimum absolute atomic E-state index is 0.361. The van der Waals surface area contributed by atoms with Crippen LogP contribution < -0.4 is 0 Å². The summed E-state index contributed by atoms with van der Waals surface area (Å²) in [5, 5.41) is 10.1. The lowest BCUT2D eigenvalue weighted by Crippen LogP contribution is -2.27. The molecule has 0 aromatic carbocycles. The number of carbonyl (C=O) groups is 1. The second-order valence-electron chi connectivity index (χ2n) is 5.13. The van der Waals surface area contributed by atoms with Crippen molar-refractivity contribution in [1.82, 2.24) is 0 Å². The zero-order valence-corrected chi connectivity index (χ0v) is 13.0. The van der Waals surface area contributed by atoms with Crippen LogP contribution in [0.15, 0.2) is 24.8 Å². The van der Waals surface area contributed by atoms with Crippen LogP contribution in [0.1, 0.15) is 58.3 Å². The van der Waals surface area contributed by atoms with Crippen molar-refractivity contribution in [1.29, 1.82) is 0 Å². The number of rotatable bonds is 12. The highest BCUT2D eigenvalue weighted by Crippen LogP contribution is 2.16. The molecule has 0 unspecified atom stereocenters. The van der Waals surface area contributed by atoms with Crippen LogP contribution in [0.5, 0.6) is 0 Å². The first-order chi connectivity index (χ1) is 9.67. The predicted octanol–water partition coefficient (Wildman–Crippen LogP) is 4.02. The van der Waals surface area contributed by atoms with Gasteiger partial charge >= 0.3 is 5.97 Å². The number of aliphatic hydroxyl groups is 1. The normalized spacial score (nSPS) is 14.2. The number of aliphatic hydroxyl groups excluding tert-OH is 1. The Morgan fingerprint density at radius 2 is 1.80 bits per heavy atom. The van der Waals surface area contributed by atoms with Gasteiger partial charge < -0.3 is 9.84 Å². The lowest BCUT2D eigenvalue weighted by atomic mass is 9.96. The van der Waals surface area contributed by atoms with Crippen LogP contribution in [-0.4, -0.2) is 24.3 Å². The van der Waals surface area contributed by atoms with Crippen LogP contribution in [0.2, 0.25) is 0 Å². The van der Waals surface area contributed by atoms with Gasteiger partial charge in [-0.1, -0.05) is 50.3 Å². The standard InChI is InChI=1S/C17H30O3/c1-4-6-7-8-9-10-11-12-14-16(18)15(13-5-2)17(19)20-3/h4-5,13,15-16,18H,1,6-12,14H2,2-3H3/b13-5+/t15-,16+/m0/s1. The fourth-order valence-electron chi connectivity index (χ4n) is 2.24. The molecule has 3 heteroatoms. The summed E-state index contributed by atoms with van der Waals surface area (Å²) >= 11 is 0. The number of carbonyl (C=O) groups excluding carboxylic acids is 1. The van der Waals surface area contributed by atoms with Gasteiger partial charge in [-0.3, -0.25) is 4.79 Å². The Labute approximate surface area is 123 Å². The summed E-state index contributed by atoms with van der Waals surface area (Å²) in [7, 11) is 1.36. The van der Waals surface area contributed by atoms with Crippen LogP contribution >= 0.6 is 0 Å². The summed E-state index contributed by atoms with van der Waals surface area (Å²) in [6.07, 6.45) is 13.5. The van der Waals surface area contributed by atoms with E-state index >= 15 is 0 Å². The molecule has 0 saturated carbocycles. The van der Waals surface area contributed by atoms with Crippen molar-refractivity contribution in [3.8, 4) is 0 Å². The van der Waals surface area contributed by atoms with E-state index in [0.717, 1.165) is 19.3 Å². The molecule has 0 aliphatic rings. The lowest BCUT2D eigenvalue weighted by Gasteiger charge is -2.17. The molecule has 2 atom stereocenters. The molecule has 0 amide bonds. The number of hydrogen-bond donors (Lipinski definition) is 1. The van der Waals surface area contributed by atoms with Crippen molar-refractivity contribution in [3.05, 3.63) is 24.8 Å². The van der Waals surface area contributed by atoms with Gasteiger partial charge in [-0.25, -0.2) is 0 Å². The number of methoxy groups -OCH3 is 1. The van der Waals surface area contributed by atoms with Gasteiger partial charge in [0, 0.05) is 0 Å². The fourth-order valence-corrected chi connectivity index (χ4v) is 2.24. The van der Waals surface area contributed by atoms with Gasteiger partial charge in [0.15, 0.2) is 0 Å². The Bertz CT molecular complexity index is 284. The van der Waals surface area contributed by atoms with E-state index in [1.54, 1.807) is 12.2 Å². The first-order valence-electron chi connectivity index (χ1n) is 7.67. The Morgan fingerprint density at radius 3 is 2.35 bits per heavy atom. The molecule has 0 heterocycles. The summed E-state index contributed by atoms with van der Waals surface area (Å²) in [4.78, 5) is 11.5. The number of unbranched alkanes of at least 4 members (excludes halogenated alkanes) is 6. The van der Waals surface area contributed by atoms with E-state index in [1.165, 1.54) is 32.8 Å². The Kier molecular flexibility index (Phi) is 12.2. The van der Waals surface area contributed by atoms with E-state index in [9.17, 15) is 9.90 Å². The molecule has 0 aromatic rings. The topological polar surface area (TPSA) is 46.5 Å². The molecule has 1 N–H and O–H groups in total. The molecule has 0 spiro atoms. The molecule has 3 nitrogen and oxygen atoms in total. The largest absolute Gasteiger partial charge is 0.468 e. The number of allylic oxidation sites excluding steroid dienone is 2. The van der Waals surface area contributed by atoms with E-state index < -0.39 is 12.0 Å². The van der Waals surface area contributed by atoms with E-state index in [1.807, 2.05) is 13.0 Å². The quantitative estimate of drug-likeness (QED) is 0.334. The minimum Gasteiger partial charge on any atom is -0.468 e. The van der Waals surface area contributed by atoms with Gasteiger partial charge in [0.25, 0.3) is 0 Å². The SMILES string of the molecule is C=CCCCCCCCC[C@@H](O)[C@H](/C=C/C)C(=O)OC. The Morgan fingerprint density at radius 1 is 1.20 bits per heavy atom. The highest BCUT2D eigenvalue weighted by molar-refractivity contribution is 5.74. The molecule has 0 aliphatic heterocycles.